The molecule has 1 amide bonds. The molecule has 0 spiro atoms. The Balaban J connectivity index is 1.32. The van der Waals surface area contributed by atoms with Gasteiger partial charge in [-0.3, -0.25) is 9.89 Å². The highest BCUT2D eigenvalue weighted by atomic mass is 32.1. The summed E-state index contributed by atoms with van der Waals surface area (Å²) in [7, 11) is 0. The Hall–Kier alpha value is -2.54. The molecule has 6 nitrogen and oxygen atoms in total. The average molecular weight is 396 g/mol. The number of hydrogen-bond donors (Lipinski definition) is 1. The topological polar surface area (TPSA) is 74.8 Å². The number of hydrogen-bond acceptors (Lipinski definition) is 5. The highest BCUT2D eigenvalue weighted by Gasteiger charge is 2.26. The predicted molar refractivity (Wildman–Crippen MR) is 110 cm³/mol. The number of thiazole rings is 1. The highest BCUT2D eigenvalue weighted by Crippen LogP contribution is 2.26. The molecule has 1 unspecified atom stereocenters. The summed E-state index contributed by atoms with van der Waals surface area (Å²) >= 11 is 1.67. The summed E-state index contributed by atoms with van der Waals surface area (Å²) < 4.78 is 0. The normalized spacial score (nSPS) is 17.0. The van der Waals surface area contributed by atoms with E-state index in [-0.39, 0.29) is 11.8 Å². The van der Waals surface area contributed by atoms with E-state index in [2.05, 4.69) is 20.6 Å². The van der Waals surface area contributed by atoms with Crippen molar-refractivity contribution in [2.45, 2.75) is 44.9 Å². The molecule has 28 heavy (non-hydrogen) atoms. The maximum absolute atomic E-state index is 12.7. The van der Waals surface area contributed by atoms with Gasteiger partial charge in [-0.2, -0.15) is 5.10 Å². The van der Waals surface area contributed by atoms with E-state index in [9.17, 15) is 4.79 Å². The number of carbonyl (C=O) groups excluding carboxylic acids is 1. The van der Waals surface area contributed by atoms with Crippen LogP contribution in [-0.4, -0.2) is 44.1 Å². The van der Waals surface area contributed by atoms with Gasteiger partial charge < -0.3 is 4.90 Å². The summed E-state index contributed by atoms with van der Waals surface area (Å²) in [5.41, 5.74) is 2.10. The number of benzene rings is 1. The molecule has 0 saturated carbocycles. The second-order valence-corrected chi connectivity index (χ2v) is 8.36. The van der Waals surface area contributed by atoms with Crippen LogP contribution in [0, 0.1) is 6.92 Å². The summed E-state index contributed by atoms with van der Waals surface area (Å²) in [6.07, 6.45) is 4.34. The quantitative estimate of drug-likeness (QED) is 0.685. The number of carbonyl (C=O) groups is 1. The molecular weight excluding hydrogens is 370 g/mol. The lowest BCUT2D eigenvalue weighted by atomic mass is 9.97. The van der Waals surface area contributed by atoms with E-state index >= 15 is 0 Å². The van der Waals surface area contributed by atoms with Crippen LogP contribution in [0.2, 0.25) is 0 Å². The van der Waals surface area contributed by atoms with Gasteiger partial charge in [0, 0.05) is 36.4 Å². The van der Waals surface area contributed by atoms with Gasteiger partial charge >= 0.3 is 0 Å². The number of amides is 1. The Kier molecular flexibility index (Phi) is 5.81. The lowest BCUT2D eigenvalue weighted by Gasteiger charge is -2.31. The van der Waals surface area contributed by atoms with Gasteiger partial charge in [0.1, 0.15) is 5.82 Å². The smallest absolute Gasteiger partial charge is 0.222 e. The Morgan fingerprint density at radius 1 is 1.29 bits per heavy atom. The van der Waals surface area contributed by atoms with Crippen LogP contribution in [0.15, 0.2) is 35.7 Å². The summed E-state index contributed by atoms with van der Waals surface area (Å²) in [6, 6.07) is 9.97. The predicted octanol–water partition coefficient (Wildman–Crippen LogP) is 3.97. The molecule has 146 valence electrons. The van der Waals surface area contributed by atoms with Crippen molar-refractivity contribution >= 4 is 17.2 Å². The van der Waals surface area contributed by atoms with Crippen molar-refractivity contribution in [2.24, 2.45) is 0 Å². The van der Waals surface area contributed by atoms with Crippen molar-refractivity contribution in [2.75, 3.05) is 13.1 Å². The SMILES string of the molecule is Cc1nc(CCCC(=O)N2CCCC(c3nc(-c4ccccc4)n[nH]3)C2)cs1. The van der Waals surface area contributed by atoms with Crippen LogP contribution >= 0.6 is 11.3 Å². The summed E-state index contributed by atoms with van der Waals surface area (Å²) in [4.78, 5) is 23.8. The Labute approximate surface area is 169 Å². The first-order chi connectivity index (χ1) is 13.7. The Morgan fingerprint density at radius 2 is 2.14 bits per heavy atom. The molecule has 1 aromatic carbocycles. The van der Waals surface area contributed by atoms with Crippen LogP contribution in [0.25, 0.3) is 11.4 Å². The molecule has 0 bridgehead atoms. The van der Waals surface area contributed by atoms with E-state index in [1.54, 1.807) is 11.3 Å². The fourth-order valence-electron chi connectivity index (χ4n) is 3.70. The molecule has 3 aromatic rings. The standard InChI is InChI=1S/C21H25N5OS/c1-15-22-18(14-28-15)10-5-11-19(27)26-12-6-9-17(13-26)21-23-20(24-25-21)16-7-3-2-4-8-16/h2-4,7-8,14,17H,5-6,9-13H2,1H3,(H,23,24,25). The van der Waals surface area contributed by atoms with Crippen LogP contribution in [0.1, 0.15) is 48.1 Å². The number of H-pyrrole nitrogens is 1. The zero-order valence-corrected chi connectivity index (χ0v) is 16.9. The molecule has 1 N–H and O–H groups in total. The summed E-state index contributed by atoms with van der Waals surface area (Å²) in [5.74, 6) is 2.07. The monoisotopic (exact) mass is 395 g/mol. The maximum Gasteiger partial charge on any atom is 0.222 e. The van der Waals surface area contributed by atoms with Crippen molar-refractivity contribution in [3.63, 3.8) is 0 Å². The van der Waals surface area contributed by atoms with Crippen LogP contribution < -0.4 is 0 Å². The van der Waals surface area contributed by atoms with Crippen molar-refractivity contribution in [3.8, 4) is 11.4 Å². The van der Waals surface area contributed by atoms with E-state index in [1.807, 2.05) is 42.2 Å². The molecule has 0 radical (unpaired) electrons. The van der Waals surface area contributed by atoms with Crippen LogP contribution in [0.5, 0.6) is 0 Å². The molecule has 1 fully saturated rings. The first kappa shape index (κ1) is 18.8. The van der Waals surface area contributed by atoms with Gasteiger partial charge in [-0.25, -0.2) is 9.97 Å². The summed E-state index contributed by atoms with van der Waals surface area (Å²) in [6.45, 7) is 3.57. The first-order valence-corrected chi connectivity index (χ1v) is 10.7. The van der Waals surface area contributed by atoms with Gasteiger partial charge in [-0.1, -0.05) is 30.3 Å². The molecule has 4 rings (SSSR count). The zero-order chi connectivity index (χ0) is 19.3. The van der Waals surface area contributed by atoms with Gasteiger partial charge in [0.15, 0.2) is 5.82 Å². The third kappa shape index (κ3) is 4.47. The molecule has 1 aliphatic heterocycles. The van der Waals surface area contributed by atoms with E-state index in [0.717, 1.165) is 66.7 Å². The van der Waals surface area contributed by atoms with Crippen LogP contribution in [-0.2, 0) is 11.2 Å². The number of rotatable bonds is 6. The van der Waals surface area contributed by atoms with Gasteiger partial charge in [0.2, 0.25) is 5.91 Å². The van der Waals surface area contributed by atoms with Crippen LogP contribution in [0.3, 0.4) is 0 Å². The van der Waals surface area contributed by atoms with Gasteiger partial charge in [-0.15, -0.1) is 11.3 Å². The number of nitrogens with zero attached hydrogens (tertiary/aromatic N) is 4. The Bertz CT molecular complexity index is 920. The minimum absolute atomic E-state index is 0.226. The molecule has 1 atom stereocenters. The van der Waals surface area contributed by atoms with E-state index in [1.165, 1.54) is 0 Å². The Morgan fingerprint density at radius 3 is 2.93 bits per heavy atom. The zero-order valence-electron chi connectivity index (χ0n) is 16.1. The van der Waals surface area contributed by atoms with Crippen molar-refractivity contribution in [1.29, 1.82) is 0 Å². The lowest BCUT2D eigenvalue weighted by Crippen LogP contribution is -2.39. The number of aryl methyl sites for hydroxylation is 2. The minimum atomic E-state index is 0.226. The van der Waals surface area contributed by atoms with Gasteiger partial charge in [0.25, 0.3) is 0 Å². The van der Waals surface area contributed by atoms with Crippen LogP contribution in [0.4, 0.5) is 0 Å². The van der Waals surface area contributed by atoms with E-state index in [0.29, 0.717) is 6.42 Å². The minimum Gasteiger partial charge on any atom is -0.342 e. The molecule has 1 saturated heterocycles. The van der Waals surface area contributed by atoms with E-state index in [4.69, 9.17) is 4.98 Å². The first-order valence-electron chi connectivity index (χ1n) is 9.85. The maximum atomic E-state index is 12.7. The fraction of sp³-hybridized carbons (Fsp3) is 0.429. The molecule has 3 heterocycles. The third-order valence-electron chi connectivity index (χ3n) is 5.19. The average Bonchev–Trinajstić information content (AvgIpc) is 3.38. The summed E-state index contributed by atoms with van der Waals surface area (Å²) in [5, 5.41) is 10.6. The van der Waals surface area contributed by atoms with Crippen molar-refractivity contribution < 1.29 is 4.79 Å². The van der Waals surface area contributed by atoms with Gasteiger partial charge in [-0.05, 0) is 32.6 Å². The molecule has 1 aliphatic rings. The van der Waals surface area contributed by atoms with Gasteiger partial charge in [0.05, 0.1) is 10.7 Å². The largest absolute Gasteiger partial charge is 0.342 e. The fourth-order valence-corrected chi connectivity index (χ4v) is 4.35. The molecular formula is C21H25N5OS. The van der Waals surface area contributed by atoms with E-state index < -0.39 is 0 Å². The molecule has 0 aliphatic carbocycles. The second-order valence-electron chi connectivity index (χ2n) is 7.30. The molecule has 7 heteroatoms. The number of piperidine rings is 1. The number of nitrogens with one attached hydrogen (secondary N) is 1. The molecule has 2 aromatic heterocycles. The van der Waals surface area contributed by atoms with Crippen molar-refractivity contribution in [3.05, 3.63) is 52.2 Å². The third-order valence-corrected chi connectivity index (χ3v) is 6.01. The number of likely N-dealkylation sites (tertiary alicyclic amines) is 1. The highest BCUT2D eigenvalue weighted by molar-refractivity contribution is 7.09. The lowest BCUT2D eigenvalue weighted by molar-refractivity contribution is -0.132. The number of aromatic amines is 1. The van der Waals surface area contributed by atoms with Crippen molar-refractivity contribution in [1.82, 2.24) is 25.1 Å². The second kappa shape index (κ2) is 8.65. The number of aromatic nitrogens is 4.